The molecule has 0 saturated carbocycles. The molecule has 4 N–H and O–H groups in total. The van der Waals surface area contributed by atoms with Crippen LogP contribution in [0, 0.1) is 0 Å². The van der Waals surface area contributed by atoms with Gasteiger partial charge >= 0.3 is 18.0 Å². The molecule has 1 aromatic rings. The van der Waals surface area contributed by atoms with E-state index < -0.39 is 30.4 Å². The van der Waals surface area contributed by atoms with Crippen molar-refractivity contribution in [2.45, 2.75) is 12.5 Å². The number of nitrogens with one attached hydrogen (secondary N) is 1. The van der Waals surface area contributed by atoms with Crippen molar-refractivity contribution in [2.75, 3.05) is 11.9 Å². The Kier molecular flexibility index (Phi) is 4.90. The molecular weight excluding hydrogens is 268 g/mol. The number of carbonyl (C=O) groups excluding carboxylic acids is 1. The number of rotatable bonds is 5. The molecule has 0 unspecified atom stereocenters. The number of anilines is 1. The van der Waals surface area contributed by atoms with Crippen LogP contribution in [0.3, 0.4) is 0 Å². The minimum atomic E-state index is -1.51. The van der Waals surface area contributed by atoms with E-state index in [4.69, 9.17) is 15.3 Å². The van der Waals surface area contributed by atoms with Crippen LogP contribution >= 0.6 is 0 Å². The summed E-state index contributed by atoms with van der Waals surface area (Å²) in [6.45, 7) is 0. The van der Waals surface area contributed by atoms with E-state index >= 15 is 0 Å². The fourth-order valence-electron chi connectivity index (χ4n) is 1.41. The van der Waals surface area contributed by atoms with Crippen LogP contribution in [0.4, 0.5) is 10.5 Å². The maximum atomic E-state index is 11.8. The molecule has 0 fully saturated rings. The largest absolute Gasteiger partial charge is 0.508 e. The molecule has 0 heterocycles. The van der Waals surface area contributed by atoms with E-state index in [9.17, 15) is 14.4 Å². The predicted molar refractivity (Wildman–Crippen MR) is 68.7 cm³/mol. The van der Waals surface area contributed by atoms with Crippen LogP contribution in [0.1, 0.15) is 6.42 Å². The van der Waals surface area contributed by atoms with Gasteiger partial charge in [-0.15, -0.1) is 0 Å². The summed E-state index contributed by atoms with van der Waals surface area (Å²) >= 11 is 0. The van der Waals surface area contributed by atoms with Gasteiger partial charge in [-0.25, -0.2) is 9.59 Å². The molecule has 2 amide bonds. The summed E-state index contributed by atoms with van der Waals surface area (Å²) in [5.74, 6) is -2.73. The molecule has 0 spiro atoms. The fourth-order valence-corrected chi connectivity index (χ4v) is 1.41. The van der Waals surface area contributed by atoms with E-state index in [1.807, 2.05) is 0 Å². The van der Waals surface area contributed by atoms with Crippen LogP contribution < -0.4 is 10.2 Å². The van der Waals surface area contributed by atoms with Gasteiger partial charge in [0.15, 0.2) is 0 Å². The Balaban J connectivity index is 2.75. The highest BCUT2D eigenvalue weighted by molar-refractivity contribution is 5.94. The molecular formula is C12H14N2O6. The summed E-state index contributed by atoms with van der Waals surface area (Å²) in [4.78, 5) is 34.3. The van der Waals surface area contributed by atoms with Crippen molar-refractivity contribution in [3.8, 4) is 5.75 Å². The highest BCUT2D eigenvalue weighted by atomic mass is 16.4. The maximum Gasteiger partial charge on any atom is 0.326 e. The molecule has 1 atom stereocenters. The van der Waals surface area contributed by atoms with Crippen LogP contribution in [0.15, 0.2) is 24.3 Å². The Bertz CT molecular complexity index is 513. The van der Waals surface area contributed by atoms with Gasteiger partial charge in [0.05, 0.1) is 6.42 Å². The van der Waals surface area contributed by atoms with Crippen molar-refractivity contribution in [1.29, 1.82) is 0 Å². The van der Waals surface area contributed by atoms with E-state index in [1.54, 1.807) is 0 Å². The normalized spacial score (nSPS) is 11.4. The number of benzene rings is 1. The number of nitrogens with zero attached hydrogens (tertiary/aromatic N) is 1. The molecule has 0 aliphatic rings. The van der Waals surface area contributed by atoms with Gasteiger partial charge in [0.1, 0.15) is 11.8 Å². The molecule has 0 aliphatic heterocycles. The summed E-state index contributed by atoms with van der Waals surface area (Å²) in [5.41, 5.74) is 0.416. The lowest BCUT2D eigenvalue weighted by Crippen LogP contribution is -2.47. The Hall–Kier alpha value is -2.77. The lowest BCUT2D eigenvalue weighted by molar-refractivity contribution is -0.145. The molecule has 108 valence electrons. The summed E-state index contributed by atoms with van der Waals surface area (Å²) in [6.07, 6.45) is -0.718. The zero-order valence-electron chi connectivity index (χ0n) is 10.6. The Morgan fingerprint density at radius 2 is 1.75 bits per heavy atom. The molecule has 0 aliphatic carbocycles. The highest BCUT2D eigenvalue weighted by Gasteiger charge is 2.24. The molecule has 8 heteroatoms. The molecule has 0 bridgehead atoms. The standard InChI is InChI=1S/C12H14N2O6/c1-14(7-2-4-8(15)5-3-7)12(20)13-9(11(18)19)6-10(16)17/h2-5,9,15H,6H2,1H3,(H,13,20)(H,16,17)(H,18,19)/t9-/m1/s1. The van der Waals surface area contributed by atoms with Gasteiger partial charge in [0.25, 0.3) is 0 Å². The second kappa shape index (κ2) is 6.41. The van der Waals surface area contributed by atoms with Gasteiger partial charge in [-0.05, 0) is 24.3 Å². The lowest BCUT2D eigenvalue weighted by Gasteiger charge is -2.20. The third kappa shape index (κ3) is 4.16. The highest BCUT2D eigenvalue weighted by Crippen LogP contribution is 2.17. The second-order valence-electron chi connectivity index (χ2n) is 4.01. The van der Waals surface area contributed by atoms with Gasteiger partial charge in [0.2, 0.25) is 0 Å². The van der Waals surface area contributed by atoms with Crippen LogP contribution in [-0.4, -0.2) is 46.4 Å². The number of carboxylic acid groups (broad SMARTS) is 2. The smallest absolute Gasteiger partial charge is 0.326 e. The zero-order chi connectivity index (χ0) is 15.3. The summed E-state index contributed by atoms with van der Waals surface area (Å²) in [6, 6.07) is 3.38. The first-order chi connectivity index (χ1) is 9.31. The molecule has 8 nitrogen and oxygen atoms in total. The van der Waals surface area contributed by atoms with E-state index in [0.29, 0.717) is 5.69 Å². The number of aliphatic carboxylic acids is 2. The van der Waals surface area contributed by atoms with Crippen LogP contribution in [0.2, 0.25) is 0 Å². The van der Waals surface area contributed by atoms with Crippen LogP contribution in [0.25, 0.3) is 0 Å². The van der Waals surface area contributed by atoms with Crippen molar-refractivity contribution in [2.24, 2.45) is 0 Å². The number of amides is 2. The lowest BCUT2D eigenvalue weighted by atomic mass is 10.2. The SMILES string of the molecule is CN(C(=O)N[C@H](CC(=O)O)C(=O)O)c1ccc(O)cc1. The first kappa shape index (κ1) is 15.3. The molecule has 1 rings (SSSR count). The topological polar surface area (TPSA) is 127 Å². The number of carbonyl (C=O) groups is 3. The Morgan fingerprint density at radius 1 is 1.20 bits per heavy atom. The van der Waals surface area contributed by atoms with E-state index in [0.717, 1.165) is 4.90 Å². The number of carboxylic acids is 2. The molecule has 20 heavy (non-hydrogen) atoms. The monoisotopic (exact) mass is 282 g/mol. The third-order valence-corrected chi connectivity index (χ3v) is 2.52. The van der Waals surface area contributed by atoms with Crippen molar-refractivity contribution in [3.63, 3.8) is 0 Å². The molecule has 0 radical (unpaired) electrons. The van der Waals surface area contributed by atoms with E-state index in [1.165, 1.54) is 31.3 Å². The summed E-state index contributed by atoms with van der Waals surface area (Å²) in [7, 11) is 1.39. The second-order valence-corrected chi connectivity index (χ2v) is 4.01. The van der Waals surface area contributed by atoms with Gasteiger partial charge in [-0.3, -0.25) is 9.69 Å². The zero-order valence-corrected chi connectivity index (χ0v) is 10.6. The average Bonchev–Trinajstić information content (AvgIpc) is 2.37. The minimum absolute atomic E-state index is 0.0249. The number of hydrogen-bond donors (Lipinski definition) is 4. The van der Waals surface area contributed by atoms with Crippen molar-refractivity contribution in [1.82, 2.24) is 5.32 Å². The van der Waals surface area contributed by atoms with Crippen molar-refractivity contribution in [3.05, 3.63) is 24.3 Å². The van der Waals surface area contributed by atoms with E-state index in [2.05, 4.69) is 5.32 Å². The Morgan fingerprint density at radius 3 is 2.20 bits per heavy atom. The third-order valence-electron chi connectivity index (χ3n) is 2.52. The first-order valence-electron chi connectivity index (χ1n) is 5.59. The maximum absolute atomic E-state index is 11.8. The first-order valence-corrected chi connectivity index (χ1v) is 5.59. The number of hydrogen-bond acceptors (Lipinski definition) is 4. The number of aromatic hydroxyl groups is 1. The van der Waals surface area contributed by atoms with Crippen LogP contribution in [-0.2, 0) is 9.59 Å². The number of phenols is 1. The summed E-state index contributed by atoms with van der Waals surface area (Å²) < 4.78 is 0. The number of urea groups is 1. The van der Waals surface area contributed by atoms with Gasteiger partial charge in [0, 0.05) is 12.7 Å². The molecule has 0 saturated heterocycles. The predicted octanol–water partition coefficient (Wildman–Crippen LogP) is 0.466. The fraction of sp³-hybridized carbons (Fsp3) is 0.250. The van der Waals surface area contributed by atoms with Crippen LogP contribution in [0.5, 0.6) is 5.75 Å². The minimum Gasteiger partial charge on any atom is -0.508 e. The van der Waals surface area contributed by atoms with Crippen molar-refractivity contribution < 1.29 is 29.7 Å². The number of phenolic OH excluding ortho intramolecular Hbond substituents is 1. The average molecular weight is 282 g/mol. The van der Waals surface area contributed by atoms with Gasteiger partial charge in [-0.2, -0.15) is 0 Å². The van der Waals surface area contributed by atoms with Crippen molar-refractivity contribution >= 4 is 23.7 Å². The molecule has 0 aromatic heterocycles. The molecule has 1 aromatic carbocycles. The summed E-state index contributed by atoms with van der Waals surface area (Å²) in [5, 5.41) is 28.6. The quantitative estimate of drug-likeness (QED) is 0.621. The van der Waals surface area contributed by atoms with Gasteiger partial charge < -0.3 is 20.6 Å². The van der Waals surface area contributed by atoms with Gasteiger partial charge in [-0.1, -0.05) is 0 Å². The Labute approximate surface area is 114 Å². The van der Waals surface area contributed by atoms with E-state index in [-0.39, 0.29) is 5.75 Å².